The number of hydrogen-bond acceptors (Lipinski definition) is 2. The minimum atomic E-state index is -0.779. The molecule has 4 heteroatoms. The van der Waals surface area contributed by atoms with Crippen molar-refractivity contribution in [3.8, 4) is 0 Å². The Morgan fingerprint density at radius 3 is 2.40 bits per heavy atom. The van der Waals surface area contributed by atoms with Crippen molar-refractivity contribution in [2.24, 2.45) is 11.7 Å². The number of rotatable bonds is 1. The van der Waals surface area contributed by atoms with Gasteiger partial charge in [0.1, 0.15) is 0 Å². The SMILES string of the molecule is Br.N[C@@H]1C=C[C@H](C(=O)O)C1. The molecule has 0 spiro atoms. The molecule has 0 amide bonds. The van der Waals surface area contributed by atoms with Crippen LogP contribution in [0.25, 0.3) is 0 Å². The van der Waals surface area contributed by atoms with E-state index in [4.69, 9.17) is 10.8 Å². The molecule has 0 heterocycles. The molecule has 10 heavy (non-hydrogen) atoms. The Morgan fingerprint density at radius 2 is 2.20 bits per heavy atom. The van der Waals surface area contributed by atoms with E-state index in [0.717, 1.165) is 0 Å². The third-order valence-corrected chi connectivity index (χ3v) is 1.43. The van der Waals surface area contributed by atoms with Gasteiger partial charge in [-0.2, -0.15) is 0 Å². The zero-order valence-corrected chi connectivity index (χ0v) is 7.07. The van der Waals surface area contributed by atoms with E-state index in [1.807, 2.05) is 0 Å². The monoisotopic (exact) mass is 207 g/mol. The summed E-state index contributed by atoms with van der Waals surface area (Å²) in [5.41, 5.74) is 5.41. The van der Waals surface area contributed by atoms with Gasteiger partial charge < -0.3 is 10.8 Å². The molecule has 0 bridgehead atoms. The average molecular weight is 208 g/mol. The van der Waals surface area contributed by atoms with E-state index in [9.17, 15) is 4.79 Å². The van der Waals surface area contributed by atoms with E-state index >= 15 is 0 Å². The predicted octanol–water partition coefficient (Wildman–Crippen LogP) is 0.552. The minimum Gasteiger partial charge on any atom is -0.481 e. The van der Waals surface area contributed by atoms with Gasteiger partial charge in [0.05, 0.1) is 5.92 Å². The quantitative estimate of drug-likeness (QED) is 0.618. The van der Waals surface area contributed by atoms with Crippen LogP contribution < -0.4 is 5.73 Å². The molecule has 0 saturated carbocycles. The van der Waals surface area contributed by atoms with Crippen LogP contribution in [0.2, 0.25) is 0 Å². The minimum absolute atomic E-state index is 0. The summed E-state index contributed by atoms with van der Waals surface area (Å²) in [5.74, 6) is -1.13. The highest BCUT2D eigenvalue weighted by atomic mass is 79.9. The fourth-order valence-electron chi connectivity index (χ4n) is 0.910. The van der Waals surface area contributed by atoms with Gasteiger partial charge in [-0.15, -0.1) is 17.0 Å². The second-order valence-corrected chi connectivity index (χ2v) is 2.23. The topological polar surface area (TPSA) is 63.3 Å². The third-order valence-electron chi connectivity index (χ3n) is 1.43. The first kappa shape index (κ1) is 9.65. The zero-order valence-electron chi connectivity index (χ0n) is 5.36. The Balaban J connectivity index is 0.000000810. The molecule has 0 saturated heterocycles. The average Bonchev–Trinajstić information content (AvgIpc) is 2.14. The van der Waals surface area contributed by atoms with Crippen LogP contribution >= 0.6 is 17.0 Å². The molecule has 0 unspecified atom stereocenters. The molecule has 3 N–H and O–H groups in total. The number of halogens is 1. The van der Waals surface area contributed by atoms with Crippen molar-refractivity contribution in [3.05, 3.63) is 12.2 Å². The predicted molar refractivity (Wildman–Crippen MR) is 43.2 cm³/mol. The third kappa shape index (κ3) is 2.11. The summed E-state index contributed by atoms with van der Waals surface area (Å²) < 4.78 is 0. The van der Waals surface area contributed by atoms with Gasteiger partial charge in [0, 0.05) is 6.04 Å². The van der Waals surface area contributed by atoms with Crippen molar-refractivity contribution in [2.45, 2.75) is 12.5 Å². The van der Waals surface area contributed by atoms with Crippen molar-refractivity contribution >= 4 is 23.0 Å². The fraction of sp³-hybridized carbons (Fsp3) is 0.500. The molecule has 0 fully saturated rings. The molecule has 0 aromatic heterocycles. The Morgan fingerprint density at radius 1 is 1.60 bits per heavy atom. The van der Waals surface area contributed by atoms with Crippen molar-refractivity contribution in [1.29, 1.82) is 0 Å². The highest BCUT2D eigenvalue weighted by Crippen LogP contribution is 2.15. The summed E-state index contributed by atoms with van der Waals surface area (Å²) in [6.07, 6.45) is 3.93. The molecular weight excluding hydrogens is 198 g/mol. The van der Waals surface area contributed by atoms with Crippen LogP contribution in [0.4, 0.5) is 0 Å². The second kappa shape index (κ2) is 3.73. The number of carboxylic acid groups (broad SMARTS) is 1. The molecule has 58 valence electrons. The lowest BCUT2D eigenvalue weighted by atomic mass is 10.1. The van der Waals surface area contributed by atoms with Crippen LogP contribution in [-0.2, 0) is 4.79 Å². The summed E-state index contributed by atoms with van der Waals surface area (Å²) in [5, 5.41) is 8.42. The summed E-state index contributed by atoms with van der Waals surface area (Å²) >= 11 is 0. The fourth-order valence-corrected chi connectivity index (χ4v) is 0.910. The normalized spacial score (nSPS) is 29.7. The molecule has 0 aromatic carbocycles. The maximum absolute atomic E-state index is 10.2. The van der Waals surface area contributed by atoms with Gasteiger partial charge in [-0.1, -0.05) is 12.2 Å². The van der Waals surface area contributed by atoms with E-state index in [1.165, 1.54) is 0 Å². The summed E-state index contributed by atoms with van der Waals surface area (Å²) in [6, 6.07) is -0.0499. The molecule has 1 aliphatic rings. The largest absolute Gasteiger partial charge is 0.481 e. The van der Waals surface area contributed by atoms with Crippen molar-refractivity contribution in [1.82, 2.24) is 0 Å². The first-order valence-corrected chi connectivity index (χ1v) is 2.87. The van der Waals surface area contributed by atoms with Crippen LogP contribution in [0.1, 0.15) is 6.42 Å². The van der Waals surface area contributed by atoms with Gasteiger partial charge in [0.15, 0.2) is 0 Å². The standard InChI is InChI=1S/C6H9NO2.BrH/c7-5-2-1-4(3-5)6(8)9;/h1-2,4-5H,3,7H2,(H,8,9);1H/t4-,5+;/m0./s1. The first-order valence-electron chi connectivity index (χ1n) is 2.87. The smallest absolute Gasteiger partial charge is 0.310 e. The lowest BCUT2D eigenvalue weighted by molar-refractivity contribution is -0.140. The number of nitrogens with two attached hydrogens (primary N) is 1. The van der Waals surface area contributed by atoms with Gasteiger partial charge in [-0.3, -0.25) is 4.79 Å². The van der Waals surface area contributed by atoms with E-state index < -0.39 is 5.97 Å². The van der Waals surface area contributed by atoms with Crippen LogP contribution in [-0.4, -0.2) is 17.1 Å². The molecule has 1 rings (SSSR count). The van der Waals surface area contributed by atoms with E-state index in [2.05, 4.69) is 0 Å². The van der Waals surface area contributed by atoms with Gasteiger partial charge >= 0.3 is 5.97 Å². The molecule has 1 aliphatic carbocycles. The van der Waals surface area contributed by atoms with Crippen LogP contribution in [0, 0.1) is 5.92 Å². The molecule has 3 nitrogen and oxygen atoms in total. The molecule has 0 radical (unpaired) electrons. The maximum atomic E-state index is 10.2. The number of hydrogen-bond donors (Lipinski definition) is 2. The number of aliphatic carboxylic acids is 1. The zero-order chi connectivity index (χ0) is 6.85. The summed E-state index contributed by atoms with van der Waals surface area (Å²) in [4.78, 5) is 10.2. The highest BCUT2D eigenvalue weighted by molar-refractivity contribution is 8.93. The first-order chi connectivity index (χ1) is 4.20. The van der Waals surface area contributed by atoms with Crippen LogP contribution in [0.5, 0.6) is 0 Å². The maximum Gasteiger partial charge on any atom is 0.310 e. The van der Waals surface area contributed by atoms with Crippen molar-refractivity contribution in [2.75, 3.05) is 0 Å². The van der Waals surface area contributed by atoms with Crippen LogP contribution in [0.3, 0.4) is 0 Å². The number of carboxylic acids is 1. The Bertz CT molecular complexity index is 158. The molecular formula is C6H10BrNO2. The van der Waals surface area contributed by atoms with E-state index in [1.54, 1.807) is 12.2 Å². The van der Waals surface area contributed by atoms with Crippen molar-refractivity contribution in [3.63, 3.8) is 0 Å². The van der Waals surface area contributed by atoms with Gasteiger partial charge in [-0.05, 0) is 6.42 Å². The van der Waals surface area contributed by atoms with Gasteiger partial charge in [0.2, 0.25) is 0 Å². The Labute approximate surface area is 69.7 Å². The second-order valence-electron chi connectivity index (χ2n) is 2.23. The summed E-state index contributed by atoms with van der Waals surface area (Å²) in [6.45, 7) is 0. The summed E-state index contributed by atoms with van der Waals surface area (Å²) in [7, 11) is 0. The molecule has 0 aromatic rings. The Hall–Kier alpha value is -0.350. The van der Waals surface area contributed by atoms with Gasteiger partial charge in [0.25, 0.3) is 0 Å². The lowest BCUT2D eigenvalue weighted by Crippen LogP contribution is -2.18. The number of carbonyl (C=O) groups is 1. The molecule has 2 atom stereocenters. The van der Waals surface area contributed by atoms with E-state index in [0.29, 0.717) is 6.42 Å². The highest BCUT2D eigenvalue weighted by Gasteiger charge is 2.21. The van der Waals surface area contributed by atoms with Crippen molar-refractivity contribution < 1.29 is 9.90 Å². The van der Waals surface area contributed by atoms with Gasteiger partial charge in [-0.25, -0.2) is 0 Å². The van der Waals surface area contributed by atoms with Crippen LogP contribution in [0.15, 0.2) is 12.2 Å². The molecule has 0 aliphatic heterocycles. The lowest BCUT2D eigenvalue weighted by Gasteiger charge is -2.00. The van der Waals surface area contributed by atoms with E-state index in [-0.39, 0.29) is 28.9 Å². The Kier molecular flexibility index (Phi) is 3.60.